The van der Waals surface area contributed by atoms with Crippen molar-refractivity contribution >= 4 is 17.7 Å². The molecule has 1 atom stereocenters. The van der Waals surface area contributed by atoms with Crippen molar-refractivity contribution in [3.8, 4) is 17.1 Å². The Morgan fingerprint density at radius 3 is 2.52 bits per heavy atom. The number of carbonyl (C=O) groups excluding carboxylic acids is 1. The molecule has 0 saturated heterocycles. The predicted octanol–water partition coefficient (Wildman–Crippen LogP) is 5.24. The summed E-state index contributed by atoms with van der Waals surface area (Å²) >= 11 is 1.42. The molecule has 1 aromatic carbocycles. The van der Waals surface area contributed by atoms with E-state index in [9.17, 15) is 4.79 Å². The Balaban J connectivity index is 2.05. The van der Waals surface area contributed by atoms with E-state index in [2.05, 4.69) is 53.4 Å². The lowest BCUT2D eigenvalue weighted by atomic mass is 10.0. The summed E-state index contributed by atoms with van der Waals surface area (Å²) in [6.45, 7) is 12.4. The van der Waals surface area contributed by atoms with Crippen LogP contribution in [0.5, 0.6) is 0 Å². The van der Waals surface area contributed by atoms with Gasteiger partial charge in [0, 0.05) is 23.5 Å². The number of hydrogen-bond donors (Lipinski definition) is 1. The Hall–Kier alpha value is -2.67. The summed E-state index contributed by atoms with van der Waals surface area (Å²) < 4.78 is 2.05. The van der Waals surface area contributed by atoms with Crippen LogP contribution in [0.4, 0.5) is 0 Å². The summed E-state index contributed by atoms with van der Waals surface area (Å²) in [4.78, 5) is 17.1. The van der Waals surface area contributed by atoms with Crippen LogP contribution in [0.15, 0.2) is 53.9 Å². The van der Waals surface area contributed by atoms with Crippen molar-refractivity contribution in [2.45, 2.75) is 69.8 Å². The second kappa shape index (κ2) is 9.64. The second-order valence-electron chi connectivity index (χ2n) is 8.58. The van der Waals surface area contributed by atoms with E-state index in [1.807, 2.05) is 49.6 Å². The number of para-hydroxylation sites is 1. The average molecular weight is 438 g/mol. The number of nitrogens with zero attached hydrogens (tertiary/aromatic N) is 4. The van der Waals surface area contributed by atoms with Crippen LogP contribution in [-0.2, 0) is 4.79 Å². The topological polar surface area (TPSA) is 72.7 Å². The highest BCUT2D eigenvalue weighted by molar-refractivity contribution is 8.00. The molecule has 6 nitrogen and oxygen atoms in total. The van der Waals surface area contributed by atoms with Crippen LogP contribution in [0.3, 0.4) is 0 Å². The minimum absolute atomic E-state index is 0.00790. The molecule has 0 saturated carbocycles. The molecule has 1 N–H and O–H groups in total. The molecule has 0 bridgehead atoms. The van der Waals surface area contributed by atoms with Crippen molar-refractivity contribution in [3.63, 3.8) is 0 Å². The van der Waals surface area contributed by atoms with Gasteiger partial charge in [-0.1, -0.05) is 50.7 Å². The van der Waals surface area contributed by atoms with Crippen molar-refractivity contribution < 1.29 is 4.79 Å². The average Bonchev–Trinajstić information content (AvgIpc) is 3.17. The van der Waals surface area contributed by atoms with Gasteiger partial charge in [-0.15, -0.1) is 10.2 Å². The molecule has 2 aromatic heterocycles. The van der Waals surface area contributed by atoms with Gasteiger partial charge in [-0.05, 0) is 56.9 Å². The Morgan fingerprint density at radius 2 is 1.87 bits per heavy atom. The summed E-state index contributed by atoms with van der Waals surface area (Å²) in [5.41, 5.74) is 2.85. The second-order valence-corrected chi connectivity index (χ2v) is 9.89. The maximum absolute atomic E-state index is 12.8. The Labute approximate surface area is 188 Å². The Kier molecular flexibility index (Phi) is 7.15. The lowest BCUT2D eigenvalue weighted by Crippen LogP contribution is -2.46. The van der Waals surface area contributed by atoms with Crippen LogP contribution < -0.4 is 5.32 Å². The molecule has 0 fully saturated rings. The summed E-state index contributed by atoms with van der Waals surface area (Å²) in [7, 11) is 0. The van der Waals surface area contributed by atoms with Crippen LogP contribution in [0.2, 0.25) is 0 Å². The number of nitrogens with one attached hydrogen (secondary N) is 1. The van der Waals surface area contributed by atoms with Gasteiger partial charge in [0.05, 0.1) is 10.9 Å². The van der Waals surface area contributed by atoms with Crippen molar-refractivity contribution in [2.24, 2.45) is 0 Å². The number of carbonyl (C=O) groups is 1. The third-order valence-electron chi connectivity index (χ3n) is 5.35. The minimum atomic E-state index is -0.318. The molecule has 3 rings (SSSR count). The smallest absolute Gasteiger partial charge is 0.233 e. The molecule has 0 aliphatic rings. The van der Waals surface area contributed by atoms with Crippen molar-refractivity contribution in [1.29, 1.82) is 0 Å². The molecule has 31 heavy (non-hydrogen) atoms. The number of hydrogen-bond acceptors (Lipinski definition) is 5. The third-order valence-corrected chi connectivity index (χ3v) is 6.39. The van der Waals surface area contributed by atoms with Crippen molar-refractivity contribution in [2.75, 3.05) is 0 Å². The van der Waals surface area contributed by atoms with Crippen LogP contribution in [0, 0.1) is 0 Å². The van der Waals surface area contributed by atoms with E-state index in [0.29, 0.717) is 16.9 Å². The third kappa shape index (κ3) is 5.34. The number of aromatic nitrogens is 4. The number of thioether (sulfide) groups is 1. The molecule has 7 heteroatoms. The summed E-state index contributed by atoms with van der Waals surface area (Å²) in [6.07, 6.45) is 4.38. The lowest BCUT2D eigenvalue weighted by molar-refractivity contribution is -0.121. The van der Waals surface area contributed by atoms with Gasteiger partial charge < -0.3 is 5.32 Å². The molecule has 0 aliphatic heterocycles. The largest absolute Gasteiger partial charge is 0.350 e. The Bertz CT molecular complexity index is 1030. The number of benzene rings is 1. The molecule has 2 heterocycles. The van der Waals surface area contributed by atoms with E-state index >= 15 is 0 Å². The van der Waals surface area contributed by atoms with E-state index in [4.69, 9.17) is 0 Å². The SMILES string of the molecule is CCC(C)(C)NC(=O)C(C)Sc1nnc(-c2cccnc2)n1-c1ccccc1C(C)C. The van der Waals surface area contributed by atoms with E-state index in [1.54, 1.807) is 12.4 Å². The summed E-state index contributed by atoms with van der Waals surface area (Å²) in [5, 5.41) is 12.5. The van der Waals surface area contributed by atoms with Gasteiger partial charge in [-0.3, -0.25) is 14.3 Å². The standard InChI is InChI=1S/C24H31N5OS/c1-7-24(5,6)26-22(30)17(4)31-23-28-27-21(18-11-10-14-25-15-18)29(23)20-13-9-8-12-19(20)16(2)3/h8-17H,7H2,1-6H3,(H,26,30). The molecular weight excluding hydrogens is 406 g/mol. The number of pyridine rings is 1. The first-order chi connectivity index (χ1) is 14.7. The van der Waals surface area contributed by atoms with E-state index < -0.39 is 0 Å². The quantitative estimate of drug-likeness (QED) is 0.488. The highest BCUT2D eigenvalue weighted by Crippen LogP contribution is 2.33. The first-order valence-corrected chi connectivity index (χ1v) is 11.5. The fourth-order valence-electron chi connectivity index (χ4n) is 3.16. The molecule has 1 unspecified atom stereocenters. The zero-order chi connectivity index (χ0) is 22.6. The van der Waals surface area contributed by atoms with Crippen LogP contribution >= 0.6 is 11.8 Å². The number of amides is 1. The highest BCUT2D eigenvalue weighted by Gasteiger charge is 2.26. The van der Waals surface area contributed by atoms with Crippen LogP contribution in [0.25, 0.3) is 17.1 Å². The molecule has 0 spiro atoms. The van der Waals surface area contributed by atoms with Crippen molar-refractivity contribution in [1.82, 2.24) is 25.1 Å². The van der Waals surface area contributed by atoms with E-state index in [0.717, 1.165) is 17.7 Å². The summed E-state index contributed by atoms with van der Waals surface area (Å²) in [6, 6.07) is 12.1. The first kappa shape index (κ1) is 23.0. The molecule has 0 radical (unpaired) electrons. The lowest BCUT2D eigenvalue weighted by Gasteiger charge is -2.26. The summed E-state index contributed by atoms with van der Waals surface area (Å²) in [5.74, 6) is 1.03. The zero-order valence-corrected chi connectivity index (χ0v) is 19.9. The van der Waals surface area contributed by atoms with Gasteiger partial charge in [0.1, 0.15) is 0 Å². The number of rotatable bonds is 8. The van der Waals surface area contributed by atoms with Gasteiger partial charge in [-0.2, -0.15) is 0 Å². The van der Waals surface area contributed by atoms with Crippen LogP contribution in [0.1, 0.15) is 59.4 Å². The minimum Gasteiger partial charge on any atom is -0.350 e. The molecule has 1 amide bonds. The molecule has 0 aliphatic carbocycles. The monoisotopic (exact) mass is 437 g/mol. The maximum Gasteiger partial charge on any atom is 0.233 e. The van der Waals surface area contributed by atoms with Crippen molar-refractivity contribution in [3.05, 3.63) is 54.4 Å². The van der Waals surface area contributed by atoms with Gasteiger partial charge >= 0.3 is 0 Å². The van der Waals surface area contributed by atoms with Gasteiger partial charge in [-0.25, -0.2) is 0 Å². The van der Waals surface area contributed by atoms with Gasteiger partial charge in [0.15, 0.2) is 11.0 Å². The fourth-order valence-corrected chi connectivity index (χ4v) is 4.02. The Morgan fingerprint density at radius 1 is 1.13 bits per heavy atom. The molecular formula is C24H31N5OS. The van der Waals surface area contributed by atoms with Gasteiger partial charge in [0.25, 0.3) is 0 Å². The first-order valence-electron chi connectivity index (χ1n) is 10.7. The normalized spacial score (nSPS) is 12.7. The van der Waals surface area contributed by atoms with E-state index in [-0.39, 0.29) is 16.7 Å². The maximum atomic E-state index is 12.8. The van der Waals surface area contributed by atoms with Gasteiger partial charge in [0.2, 0.25) is 5.91 Å². The van der Waals surface area contributed by atoms with Crippen LogP contribution in [-0.4, -0.2) is 36.4 Å². The molecule has 3 aromatic rings. The fraction of sp³-hybridized carbons (Fsp3) is 0.417. The molecule has 164 valence electrons. The zero-order valence-electron chi connectivity index (χ0n) is 19.1. The predicted molar refractivity (Wildman–Crippen MR) is 127 cm³/mol. The highest BCUT2D eigenvalue weighted by atomic mass is 32.2. The van der Waals surface area contributed by atoms with E-state index in [1.165, 1.54) is 17.3 Å².